The lowest BCUT2D eigenvalue weighted by molar-refractivity contribution is 0.390. The number of hydrogen-bond donors (Lipinski definition) is 0. The monoisotopic (exact) mass is 391 g/mol. The minimum absolute atomic E-state index is 0.00183. The first-order valence-electron chi connectivity index (χ1n) is 8.26. The fourth-order valence-corrected chi connectivity index (χ4v) is 3.48. The van der Waals surface area contributed by atoms with Crippen LogP contribution in [0.1, 0.15) is 12.7 Å². The second-order valence-electron chi connectivity index (χ2n) is 5.84. The number of rotatable bonds is 7. The van der Waals surface area contributed by atoms with E-state index in [2.05, 4.69) is 15.3 Å². The van der Waals surface area contributed by atoms with Gasteiger partial charge in [-0.25, -0.2) is 8.42 Å². The molecule has 0 atom stereocenters. The Labute approximate surface area is 157 Å². The van der Waals surface area contributed by atoms with Crippen molar-refractivity contribution in [3.05, 3.63) is 36.3 Å². The fourth-order valence-electron chi connectivity index (χ4n) is 2.70. The van der Waals surface area contributed by atoms with Crippen LogP contribution < -0.4 is 9.47 Å². The summed E-state index contributed by atoms with van der Waals surface area (Å²) < 4.78 is 38.7. The van der Waals surface area contributed by atoms with Crippen LogP contribution in [0.4, 0.5) is 0 Å². The van der Waals surface area contributed by atoms with Crippen molar-refractivity contribution in [1.29, 1.82) is 0 Å². The smallest absolute Gasteiger partial charge is 0.189 e. The molecule has 10 heteroatoms. The third kappa shape index (κ3) is 3.65. The summed E-state index contributed by atoms with van der Waals surface area (Å²) in [6, 6.07) is 7.09. The van der Waals surface area contributed by atoms with E-state index in [4.69, 9.17) is 9.47 Å². The second-order valence-corrected chi connectivity index (χ2v) is 8.19. The molecular weight excluding hydrogens is 370 g/mol. The molecule has 3 aromatic rings. The second kappa shape index (κ2) is 7.39. The predicted molar refractivity (Wildman–Crippen MR) is 99.8 cm³/mol. The van der Waals surface area contributed by atoms with Crippen LogP contribution >= 0.6 is 0 Å². The molecule has 0 aliphatic rings. The lowest BCUT2D eigenvalue weighted by Crippen LogP contribution is -2.13. The molecule has 3 rings (SSSR count). The number of ether oxygens (including phenoxy) is 2. The van der Waals surface area contributed by atoms with Crippen molar-refractivity contribution in [2.24, 2.45) is 7.05 Å². The van der Waals surface area contributed by atoms with Gasteiger partial charge >= 0.3 is 0 Å². The van der Waals surface area contributed by atoms with Crippen LogP contribution in [0.15, 0.2) is 30.5 Å². The van der Waals surface area contributed by atoms with Gasteiger partial charge in [0.2, 0.25) is 0 Å². The highest BCUT2D eigenvalue weighted by Gasteiger charge is 2.25. The van der Waals surface area contributed by atoms with Gasteiger partial charge in [0.25, 0.3) is 0 Å². The Bertz CT molecular complexity index is 1030. The van der Waals surface area contributed by atoms with Crippen LogP contribution in [0.5, 0.6) is 11.5 Å². The summed E-state index contributed by atoms with van der Waals surface area (Å²) in [7, 11) is 1.52. The molecule has 0 saturated heterocycles. The highest BCUT2D eigenvalue weighted by molar-refractivity contribution is 7.90. The average Bonchev–Trinajstić information content (AvgIpc) is 3.26. The number of nitrogens with zero attached hydrogens (tertiary/aromatic N) is 5. The Morgan fingerprint density at radius 2 is 1.74 bits per heavy atom. The minimum Gasteiger partial charge on any atom is -0.494 e. The Kier molecular flexibility index (Phi) is 5.17. The Hall–Kier alpha value is -2.88. The maximum atomic E-state index is 12.2. The molecular formula is C17H21N5O4S. The van der Waals surface area contributed by atoms with E-state index in [1.54, 1.807) is 53.7 Å². The summed E-state index contributed by atoms with van der Waals surface area (Å²) in [5.74, 6) is 1.41. The van der Waals surface area contributed by atoms with Crippen molar-refractivity contribution in [3.8, 4) is 28.7 Å². The maximum Gasteiger partial charge on any atom is 0.189 e. The largest absolute Gasteiger partial charge is 0.494 e. The fraction of sp³-hybridized carbons (Fsp3) is 0.353. The first-order valence-corrected chi connectivity index (χ1v) is 10.1. The van der Waals surface area contributed by atoms with Gasteiger partial charge < -0.3 is 9.47 Å². The zero-order valence-electron chi connectivity index (χ0n) is 15.6. The van der Waals surface area contributed by atoms with E-state index in [0.717, 1.165) is 0 Å². The van der Waals surface area contributed by atoms with Gasteiger partial charge in [0, 0.05) is 19.0 Å². The topological polar surface area (TPSA) is 101 Å². The Morgan fingerprint density at radius 3 is 2.26 bits per heavy atom. The van der Waals surface area contributed by atoms with Crippen molar-refractivity contribution in [1.82, 2.24) is 24.5 Å². The molecule has 0 fully saturated rings. The van der Waals surface area contributed by atoms with Gasteiger partial charge in [0.05, 0.1) is 14.2 Å². The molecule has 0 amide bonds. The van der Waals surface area contributed by atoms with Crippen LogP contribution in [0.25, 0.3) is 17.2 Å². The van der Waals surface area contributed by atoms with Crippen molar-refractivity contribution in [2.75, 3.05) is 20.0 Å². The number of methoxy groups -OCH3 is 2. The molecule has 0 saturated carbocycles. The van der Waals surface area contributed by atoms with E-state index < -0.39 is 9.84 Å². The van der Waals surface area contributed by atoms with E-state index in [1.807, 2.05) is 0 Å². The number of aromatic nitrogens is 5. The van der Waals surface area contributed by atoms with Gasteiger partial charge in [-0.05, 0) is 18.2 Å². The quantitative estimate of drug-likeness (QED) is 0.603. The van der Waals surface area contributed by atoms with Gasteiger partial charge in [0.1, 0.15) is 28.6 Å². The predicted octanol–water partition coefficient (Wildman–Crippen LogP) is 1.62. The number of sulfone groups is 1. The SMILES string of the molecule is CCS(=O)(=O)Cc1nnc(-c2ccn(C)n2)n1-c1c(OC)cccc1OC. The molecule has 2 aromatic heterocycles. The Balaban J connectivity index is 2.31. The number of benzene rings is 1. The summed E-state index contributed by atoms with van der Waals surface area (Å²) >= 11 is 0. The van der Waals surface area contributed by atoms with Crippen LogP contribution in [0.3, 0.4) is 0 Å². The molecule has 27 heavy (non-hydrogen) atoms. The van der Waals surface area contributed by atoms with E-state index in [9.17, 15) is 8.42 Å². The van der Waals surface area contributed by atoms with Gasteiger partial charge in [0.15, 0.2) is 21.5 Å². The number of aryl methyl sites for hydroxylation is 1. The molecule has 0 radical (unpaired) electrons. The van der Waals surface area contributed by atoms with Crippen molar-refractivity contribution in [2.45, 2.75) is 12.7 Å². The van der Waals surface area contributed by atoms with E-state index in [0.29, 0.717) is 28.7 Å². The van der Waals surface area contributed by atoms with Gasteiger partial charge in [-0.3, -0.25) is 9.25 Å². The molecule has 0 unspecified atom stereocenters. The van der Waals surface area contributed by atoms with Crippen LogP contribution in [0, 0.1) is 0 Å². The third-order valence-electron chi connectivity index (χ3n) is 4.09. The summed E-state index contributed by atoms with van der Waals surface area (Å²) in [4.78, 5) is 0. The van der Waals surface area contributed by atoms with Crippen LogP contribution in [-0.2, 0) is 22.6 Å². The zero-order valence-corrected chi connectivity index (χ0v) is 16.4. The molecule has 0 bridgehead atoms. The molecule has 144 valence electrons. The molecule has 9 nitrogen and oxygen atoms in total. The van der Waals surface area contributed by atoms with E-state index >= 15 is 0 Å². The molecule has 0 N–H and O–H groups in total. The van der Waals surface area contributed by atoms with Gasteiger partial charge in [-0.2, -0.15) is 5.10 Å². The normalized spacial score (nSPS) is 11.6. The molecule has 0 spiro atoms. The molecule has 0 aliphatic carbocycles. The number of para-hydroxylation sites is 1. The first-order chi connectivity index (χ1) is 12.9. The van der Waals surface area contributed by atoms with E-state index in [1.165, 1.54) is 14.2 Å². The van der Waals surface area contributed by atoms with Crippen LogP contribution in [-0.4, -0.2) is 52.9 Å². The highest BCUT2D eigenvalue weighted by atomic mass is 32.2. The minimum atomic E-state index is -3.34. The lowest BCUT2D eigenvalue weighted by atomic mass is 10.2. The lowest BCUT2D eigenvalue weighted by Gasteiger charge is -2.16. The van der Waals surface area contributed by atoms with Crippen LogP contribution in [0.2, 0.25) is 0 Å². The first kappa shape index (κ1) is 18.9. The maximum absolute atomic E-state index is 12.2. The standard InChI is InChI=1S/C17H21N5O4S/c1-5-27(23,24)11-15-18-19-17(12-9-10-21(2)20-12)22(15)16-13(25-3)7-6-8-14(16)26-4/h6-10H,5,11H2,1-4H3. The Morgan fingerprint density at radius 1 is 1.07 bits per heavy atom. The highest BCUT2D eigenvalue weighted by Crippen LogP contribution is 2.36. The molecule has 0 aliphatic heterocycles. The zero-order chi connectivity index (χ0) is 19.6. The summed E-state index contributed by atoms with van der Waals surface area (Å²) in [6.07, 6.45) is 1.77. The molecule has 2 heterocycles. The summed E-state index contributed by atoms with van der Waals surface area (Å²) in [6.45, 7) is 1.60. The van der Waals surface area contributed by atoms with E-state index in [-0.39, 0.29) is 17.3 Å². The van der Waals surface area contributed by atoms with Gasteiger partial charge in [-0.15, -0.1) is 10.2 Å². The average molecular weight is 391 g/mol. The van der Waals surface area contributed by atoms with Gasteiger partial charge in [-0.1, -0.05) is 13.0 Å². The number of hydrogen-bond acceptors (Lipinski definition) is 7. The van der Waals surface area contributed by atoms with Crippen molar-refractivity contribution in [3.63, 3.8) is 0 Å². The third-order valence-corrected chi connectivity index (χ3v) is 5.66. The molecule has 1 aromatic carbocycles. The van der Waals surface area contributed by atoms with Crippen molar-refractivity contribution < 1.29 is 17.9 Å². The summed E-state index contributed by atoms with van der Waals surface area (Å²) in [5, 5.41) is 12.7. The van der Waals surface area contributed by atoms with Crippen molar-refractivity contribution >= 4 is 9.84 Å². The summed E-state index contributed by atoms with van der Waals surface area (Å²) in [5.41, 5.74) is 1.08.